The van der Waals surface area contributed by atoms with Crippen LogP contribution in [0.3, 0.4) is 0 Å². The van der Waals surface area contributed by atoms with E-state index in [0.29, 0.717) is 5.95 Å². The van der Waals surface area contributed by atoms with Gasteiger partial charge < -0.3 is 5.32 Å². The summed E-state index contributed by atoms with van der Waals surface area (Å²) in [5.41, 5.74) is 0. The van der Waals surface area contributed by atoms with Crippen molar-refractivity contribution in [2.45, 2.75) is 0 Å². The molecule has 0 aliphatic heterocycles. The second-order valence-electron chi connectivity index (χ2n) is 2.57. The highest BCUT2D eigenvalue weighted by molar-refractivity contribution is 5.45. The maximum absolute atomic E-state index is 4.13. The fraction of sp³-hybridized carbons (Fsp3) is 0.125. The molecular formula is C8H9N5. The number of aryl methyl sites for hydroxylation is 1. The number of rotatable bonds is 2. The minimum Gasteiger partial charge on any atom is -0.307 e. The Balaban J connectivity index is 2.15. The van der Waals surface area contributed by atoms with Crippen LogP contribution in [0.5, 0.6) is 0 Å². The van der Waals surface area contributed by atoms with Crippen molar-refractivity contribution in [3.05, 3.63) is 30.7 Å². The highest BCUT2D eigenvalue weighted by Crippen LogP contribution is 2.06. The molecule has 0 amide bonds. The molecule has 0 atom stereocenters. The summed E-state index contributed by atoms with van der Waals surface area (Å²) in [7, 11) is 1.86. The van der Waals surface area contributed by atoms with Crippen LogP contribution in [0.4, 0.5) is 11.8 Å². The van der Waals surface area contributed by atoms with E-state index in [1.54, 1.807) is 23.1 Å². The van der Waals surface area contributed by atoms with Crippen molar-refractivity contribution in [3.63, 3.8) is 0 Å². The fourth-order valence-corrected chi connectivity index (χ4v) is 0.960. The topological polar surface area (TPSA) is 55.6 Å². The van der Waals surface area contributed by atoms with Gasteiger partial charge in [0.05, 0.1) is 0 Å². The molecule has 0 aromatic carbocycles. The van der Waals surface area contributed by atoms with Crippen LogP contribution in [0, 0.1) is 0 Å². The van der Waals surface area contributed by atoms with Gasteiger partial charge in [0.25, 0.3) is 0 Å². The average molecular weight is 175 g/mol. The Bertz CT molecular complexity index is 380. The summed E-state index contributed by atoms with van der Waals surface area (Å²) in [5.74, 6) is 1.30. The van der Waals surface area contributed by atoms with Crippen molar-refractivity contribution >= 4 is 11.8 Å². The Morgan fingerprint density at radius 2 is 2.08 bits per heavy atom. The summed E-state index contributed by atoms with van der Waals surface area (Å²) in [6.45, 7) is 0. The minimum atomic E-state index is 0.557. The van der Waals surface area contributed by atoms with Gasteiger partial charge in [-0.15, -0.1) is 0 Å². The van der Waals surface area contributed by atoms with Crippen molar-refractivity contribution < 1.29 is 0 Å². The van der Waals surface area contributed by atoms with Gasteiger partial charge in [0.2, 0.25) is 5.95 Å². The molecule has 1 N–H and O–H groups in total. The van der Waals surface area contributed by atoms with E-state index in [4.69, 9.17) is 0 Å². The molecule has 0 saturated carbocycles. The first-order valence-corrected chi connectivity index (χ1v) is 3.88. The van der Waals surface area contributed by atoms with Gasteiger partial charge in [-0.2, -0.15) is 5.10 Å². The molecule has 5 heteroatoms. The Kier molecular flexibility index (Phi) is 1.91. The maximum atomic E-state index is 4.13. The smallest absolute Gasteiger partial charge is 0.228 e. The van der Waals surface area contributed by atoms with Gasteiger partial charge in [0.15, 0.2) is 5.82 Å². The monoisotopic (exact) mass is 175 g/mol. The van der Waals surface area contributed by atoms with Gasteiger partial charge >= 0.3 is 0 Å². The zero-order valence-corrected chi connectivity index (χ0v) is 7.18. The molecule has 13 heavy (non-hydrogen) atoms. The lowest BCUT2D eigenvalue weighted by molar-refractivity contribution is 0.770. The number of hydrogen-bond acceptors (Lipinski definition) is 4. The van der Waals surface area contributed by atoms with E-state index in [1.807, 2.05) is 19.3 Å². The van der Waals surface area contributed by atoms with E-state index in [9.17, 15) is 0 Å². The van der Waals surface area contributed by atoms with Crippen LogP contribution in [0.2, 0.25) is 0 Å². The summed E-state index contributed by atoms with van der Waals surface area (Å²) in [6, 6.07) is 3.62. The lowest BCUT2D eigenvalue weighted by Gasteiger charge is -1.97. The van der Waals surface area contributed by atoms with Crippen molar-refractivity contribution in [2.75, 3.05) is 5.32 Å². The SMILES string of the molecule is Cn1ccc(Nc2ncccn2)n1. The molecule has 0 aliphatic carbocycles. The predicted octanol–water partition coefficient (Wildman–Crippen LogP) is 0.954. The first-order valence-electron chi connectivity index (χ1n) is 3.88. The third kappa shape index (κ3) is 1.81. The highest BCUT2D eigenvalue weighted by atomic mass is 15.3. The van der Waals surface area contributed by atoms with Crippen molar-refractivity contribution in [3.8, 4) is 0 Å². The number of hydrogen-bond donors (Lipinski definition) is 1. The summed E-state index contributed by atoms with van der Waals surface area (Å²) in [5, 5.41) is 7.10. The van der Waals surface area contributed by atoms with E-state index >= 15 is 0 Å². The fourth-order valence-electron chi connectivity index (χ4n) is 0.960. The lowest BCUT2D eigenvalue weighted by Crippen LogP contribution is -1.97. The first-order chi connectivity index (χ1) is 6.34. The van der Waals surface area contributed by atoms with Gasteiger partial charge in [0.1, 0.15) is 0 Å². The van der Waals surface area contributed by atoms with Crippen LogP contribution in [0.25, 0.3) is 0 Å². The molecule has 0 fully saturated rings. The maximum Gasteiger partial charge on any atom is 0.228 e. The first kappa shape index (κ1) is 7.72. The van der Waals surface area contributed by atoms with Crippen LogP contribution < -0.4 is 5.32 Å². The summed E-state index contributed by atoms with van der Waals surface area (Å²) >= 11 is 0. The van der Waals surface area contributed by atoms with E-state index in [0.717, 1.165) is 5.82 Å². The van der Waals surface area contributed by atoms with Crippen LogP contribution in [-0.4, -0.2) is 19.7 Å². The molecule has 5 nitrogen and oxygen atoms in total. The molecule has 0 saturated heterocycles. The Morgan fingerprint density at radius 3 is 2.69 bits per heavy atom. The zero-order valence-electron chi connectivity index (χ0n) is 7.18. The number of aromatic nitrogens is 4. The van der Waals surface area contributed by atoms with Crippen LogP contribution in [0.1, 0.15) is 0 Å². The Hall–Kier alpha value is -1.91. The normalized spacial score (nSPS) is 9.92. The largest absolute Gasteiger partial charge is 0.307 e. The van der Waals surface area contributed by atoms with Crippen LogP contribution >= 0.6 is 0 Å². The summed E-state index contributed by atoms with van der Waals surface area (Å²) in [6.07, 6.45) is 5.21. The van der Waals surface area contributed by atoms with Crippen molar-refractivity contribution in [2.24, 2.45) is 7.05 Å². The molecule has 0 spiro atoms. The highest BCUT2D eigenvalue weighted by Gasteiger charge is 1.97. The van der Waals surface area contributed by atoms with Gasteiger partial charge in [-0.25, -0.2) is 9.97 Å². The minimum absolute atomic E-state index is 0.557. The molecule has 0 bridgehead atoms. The molecule has 2 aromatic heterocycles. The van der Waals surface area contributed by atoms with E-state index in [2.05, 4.69) is 20.4 Å². The van der Waals surface area contributed by atoms with Crippen molar-refractivity contribution in [1.29, 1.82) is 0 Å². The predicted molar refractivity (Wildman–Crippen MR) is 48.5 cm³/mol. The third-order valence-corrected chi connectivity index (χ3v) is 1.52. The molecular weight excluding hydrogens is 166 g/mol. The molecule has 0 unspecified atom stereocenters. The average Bonchev–Trinajstić information content (AvgIpc) is 2.53. The molecule has 0 aliphatic rings. The standard InChI is InChI=1S/C8H9N5/c1-13-6-3-7(12-13)11-8-9-4-2-5-10-8/h2-6H,1H3,(H,9,10,11,12). The molecule has 2 heterocycles. The lowest BCUT2D eigenvalue weighted by atomic mass is 10.6. The van der Waals surface area contributed by atoms with E-state index in [1.165, 1.54) is 0 Å². The summed E-state index contributed by atoms with van der Waals surface area (Å²) in [4.78, 5) is 8.02. The zero-order chi connectivity index (χ0) is 9.10. The number of anilines is 2. The molecule has 0 radical (unpaired) electrons. The number of nitrogens with one attached hydrogen (secondary N) is 1. The Morgan fingerprint density at radius 1 is 1.31 bits per heavy atom. The van der Waals surface area contributed by atoms with Crippen LogP contribution in [0.15, 0.2) is 30.7 Å². The van der Waals surface area contributed by atoms with Gasteiger partial charge in [-0.3, -0.25) is 4.68 Å². The second-order valence-corrected chi connectivity index (χ2v) is 2.57. The second kappa shape index (κ2) is 3.22. The number of nitrogens with zero attached hydrogens (tertiary/aromatic N) is 4. The molecule has 2 rings (SSSR count). The van der Waals surface area contributed by atoms with Gasteiger partial charge in [-0.1, -0.05) is 0 Å². The van der Waals surface area contributed by atoms with Crippen LogP contribution in [-0.2, 0) is 7.05 Å². The summed E-state index contributed by atoms with van der Waals surface area (Å²) < 4.78 is 1.71. The van der Waals surface area contributed by atoms with Gasteiger partial charge in [-0.05, 0) is 6.07 Å². The van der Waals surface area contributed by atoms with Crippen molar-refractivity contribution in [1.82, 2.24) is 19.7 Å². The Labute approximate surface area is 75.4 Å². The van der Waals surface area contributed by atoms with E-state index in [-0.39, 0.29) is 0 Å². The third-order valence-electron chi connectivity index (χ3n) is 1.52. The van der Waals surface area contributed by atoms with E-state index < -0.39 is 0 Å². The quantitative estimate of drug-likeness (QED) is 0.738. The molecule has 2 aromatic rings. The van der Waals surface area contributed by atoms with Gasteiger partial charge in [0, 0.05) is 31.7 Å². The molecule has 66 valence electrons.